The quantitative estimate of drug-likeness (QED) is 0.0492. The Morgan fingerprint density at radius 1 is 0.509 bits per heavy atom. The van der Waals surface area contributed by atoms with E-state index in [-0.39, 0.29) is 5.69 Å². The minimum Gasteiger partial charge on any atom is -0.494 e. The Labute approximate surface area is 301 Å². The lowest BCUT2D eigenvalue weighted by molar-refractivity contribution is -0.474. The van der Waals surface area contributed by atoms with E-state index in [1.54, 1.807) is 12.1 Å². The number of hydrogen-bond donors (Lipinski definition) is 0. The summed E-state index contributed by atoms with van der Waals surface area (Å²) in [4.78, 5) is 12.1. The number of esters is 1. The zero-order chi connectivity index (χ0) is 42.9. The second kappa shape index (κ2) is 15.7. The summed E-state index contributed by atoms with van der Waals surface area (Å²) in [6, 6.07) is 9.75. The number of rotatable bonds is 18. The van der Waals surface area contributed by atoms with E-state index >= 15 is 0 Å². The zero-order valence-corrected chi connectivity index (χ0v) is 27.7. The molecule has 0 saturated heterocycles. The van der Waals surface area contributed by atoms with Crippen molar-refractivity contribution in [2.24, 2.45) is 10.2 Å². The van der Waals surface area contributed by atoms with Crippen LogP contribution in [0.3, 0.4) is 0 Å². The number of hydrogen-bond acceptors (Lipinski definition) is 5. The van der Waals surface area contributed by atoms with Gasteiger partial charge in [-0.05, 0) is 55.0 Å². The molecule has 0 spiro atoms. The predicted octanol–water partition coefficient (Wildman–Crippen LogP) is 12.1. The molecular weight excluding hydrogens is 891 g/mol. The standard InChI is InChI=1S/C28H18BrF21N2O3/c29-11-1-12-54-17-8-6-16(7-9-17)52-51-15-4-2-14(3-5-15)18(53)55-13-10-19(30,31)20(32,33)21(34,35)22(36,37)23(38,39)24(40,41)25(42,43)26(44,45)27(46,47)28(48,49)50/h2-9H,1,10-13H2. The Hall–Kier alpha value is -3.68. The van der Waals surface area contributed by atoms with Gasteiger partial charge in [-0.15, -0.1) is 0 Å². The number of alkyl halides is 22. The van der Waals surface area contributed by atoms with E-state index in [2.05, 4.69) is 30.9 Å². The zero-order valence-electron chi connectivity index (χ0n) is 26.1. The maximum Gasteiger partial charge on any atom is 0.460 e. The smallest absolute Gasteiger partial charge is 0.460 e. The molecule has 0 amide bonds. The number of benzene rings is 2. The lowest BCUT2D eigenvalue weighted by Crippen LogP contribution is -2.76. The molecule has 0 aliphatic heterocycles. The van der Waals surface area contributed by atoms with Crippen LogP contribution >= 0.6 is 15.9 Å². The maximum atomic E-state index is 14.1. The van der Waals surface area contributed by atoms with E-state index in [1.165, 1.54) is 12.1 Å². The predicted molar refractivity (Wildman–Crippen MR) is 146 cm³/mol. The third-order valence-electron chi connectivity index (χ3n) is 6.99. The topological polar surface area (TPSA) is 60.2 Å². The molecule has 27 heteroatoms. The van der Waals surface area contributed by atoms with Gasteiger partial charge in [0.25, 0.3) is 0 Å². The second-order valence-electron chi connectivity index (χ2n) is 10.8. The molecule has 0 atom stereocenters. The maximum absolute atomic E-state index is 14.1. The van der Waals surface area contributed by atoms with Crippen LogP contribution in [-0.2, 0) is 4.74 Å². The third-order valence-corrected chi connectivity index (χ3v) is 7.55. The Morgan fingerprint density at radius 3 is 1.25 bits per heavy atom. The molecular formula is C28H18BrF21N2O3. The first kappa shape index (κ1) is 47.5. The Balaban J connectivity index is 2.22. The van der Waals surface area contributed by atoms with Gasteiger partial charge in [0, 0.05) is 5.33 Å². The minimum atomic E-state index is -9.25. The van der Waals surface area contributed by atoms with Crippen LogP contribution in [0.4, 0.5) is 104 Å². The van der Waals surface area contributed by atoms with Gasteiger partial charge in [0.05, 0.1) is 36.6 Å². The number of carbonyl (C=O) groups excluding carboxylic acids is 1. The van der Waals surface area contributed by atoms with Gasteiger partial charge in [0.15, 0.2) is 0 Å². The van der Waals surface area contributed by atoms with Gasteiger partial charge in [0.1, 0.15) is 5.75 Å². The summed E-state index contributed by atoms with van der Waals surface area (Å²) in [5.41, 5.74) is -0.340. The van der Waals surface area contributed by atoms with Crippen molar-refractivity contribution in [3.8, 4) is 5.75 Å². The van der Waals surface area contributed by atoms with Crippen LogP contribution < -0.4 is 4.74 Å². The highest BCUT2D eigenvalue weighted by molar-refractivity contribution is 9.09. The fourth-order valence-electron chi connectivity index (χ4n) is 3.74. The average Bonchev–Trinajstić information content (AvgIpc) is 3.06. The largest absolute Gasteiger partial charge is 0.494 e. The van der Waals surface area contributed by atoms with Gasteiger partial charge in [-0.2, -0.15) is 102 Å². The molecule has 2 aromatic carbocycles. The number of ether oxygens (including phenoxy) is 2. The van der Waals surface area contributed by atoms with Crippen molar-refractivity contribution in [1.29, 1.82) is 0 Å². The lowest BCUT2D eigenvalue weighted by Gasteiger charge is -2.44. The van der Waals surface area contributed by atoms with Crippen molar-refractivity contribution in [2.75, 3.05) is 18.5 Å². The van der Waals surface area contributed by atoms with Crippen LogP contribution in [0.1, 0.15) is 23.2 Å². The number of nitrogens with zero attached hydrogens (tertiary/aromatic N) is 2. The SMILES string of the molecule is O=C(OCCC(F)(F)C(F)(F)C(F)(F)C(F)(F)C(F)(F)C(F)(F)C(F)(F)C(F)(F)C(F)(F)C(F)(F)F)c1ccc(N=Nc2ccc(OCCCBr)cc2)cc1. The molecule has 5 nitrogen and oxygen atoms in total. The van der Waals surface area contributed by atoms with Gasteiger partial charge in [-0.25, -0.2) is 4.79 Å². The molecule has 2 rings (SSSR count). The normalized spacial score (nSPS) is 14.7. The summed E-state index contributed by atoms with van der Waals surface area (Å²) < 4.78 is 293. The summed E-state index contributed by atoms with van der Waals surface area (Å²) in [7, 11) is 0. The van der Waals surface area contributed by atoms with Crippen molar-refractivity contribution >= 4 is 33.3 Å². The van der Waals surface area contributed by atoms with E-state index in [0.717, 1.165) is 24.3 Å². The summed E-state index contributed by atoms with van der Waals surface area (Å²) in [5, 5.41) is 8.32. The van der Waals surface area contributed by atoms with Crippen LogP contribution in [0, 0.1) is 0 Å². The molecule has 0 heterocycles. The molecule has 0 fully saturated rings. The molecule has 312 valence electrons. The molecule has 0 saturated carbocycles. The molecule has 55 heavy (non-hydrogen) atoms. The molecule has 0 bridgehead atoms. The third kappa shape index (κ3) is 8.39. The molecule has 2 aromatic rings. The number of halogens is 22. The molecule has 0 radical (unpaired) electrons. The van der Waals surface area contributed by atoms with Crippen LogP contribution in [0.5, 0.6) is 5.75 Å². The average molecular weight is 909 g/mol. The number of azo groups is 1. The summed E-state index contributed by atoms with van der Waals surface area (Å²) in [6.07, 6.45) is -10.4. The second-order valence-corrected chi connectivity index (χ2v) is 11.6. The molecule has 0 aliphatic rings. The molecule has 0 aromatic heterocycles. The van der Waals surface area contributed by atoms with Gasteiger partial charge >= 0.3 is 65.4 Å². The first-order valence-corrected chi connectivity index (χ1v) is 15.2. The van der Waals surface area contributed by atoms with Gasteiger partial charge in [-0.3, -0.25) is 0 Å². The van der Waals surface area contributed by atoms with Crippen molar-refractivity contribution in [2.45, 2.75) is 72.3 Å². The van der Waals surface area contributed by atoms with Gasteiger partial charge in [0.2, 0.25) is 0 Å². The van der Waals surface area contributed by atoms with Crippen LogP contribution in [-0.4, -0.2) is 84.0 Å². The first-order chi connectivity index (χ1) is 24.6. The van der Waals surface area contributed by atoms with Crippen molar-refractivity contribution in [3.05, 3.63) is 54.1 Å². The Bertz CT molecular complexity index is 1650. The Kier molecular flexibility index (Phi) is 13.5. The summed E-state index contributed by atoms with van der Waals surface area (Å²) in [6.45, 7) is -1.80. The van der Waals surface area contributed by atoms with Gasteiger partial charge < -0.3 is 9.47 Å². The van der Waals surface area contributed by atoms with Crippen molar-refractivity contribution in [1.82, 2.24) is 0 Å². The monoisotopic (exact) mass is 908 g/mol. The molecule has 0 unspecified atom stereocenters. The Morgan fingerprint density at radius 2 is 0.873 bits per heavy atom. The highest BCUT2D eigenvalue weighted by atomic mass is 79.9. The lowest BCUT2D eigenvalue weighted by atomic mass is 9.86. The highest BCUT2D eigenvalue weighted by Gasteiger charge is 2.97. The van der Waals surface area contributed by atoms with Crippen LogP contribution in [0.2, 0.25) is 0 Å². The van der Waals surface area contributed by atoms with E-state index in [9.17, 15) is 97.0 Å². The fraction of sp³-hybridized carbons (Fsp3) is 0.536. The van der Waals surface area contributed by atoms with Crippen molar-refractivity contribution in [3.63, 3.8) is 0 Å². The highest BCUT2D eigenvalue weighted by Crippen LogP contribution is 2.66. The van der Waals surface area contributed by atoms with E-state index in [4.69, 9.17) is 4.74 Å². The van der Waals surface area contributed by atoms with E-state index < -0.39 is 84.0 Å². The van der Waals surface area contributed by atoms with Crippen molar-refractivity contribution < 1.29 is 106 Å². The van der Waals surface area contributed by atoms with E-state index in [1.807, 2.05) is 0 Å². The number of carbonyl (C=O) groups is 1. The van der Waals surface area contributed by atoms with Crippen LogP contribution in [0.15, 0.2) is 58.8 Å². The van der Waals surface area contributed by atoms with Gasteiger partial charge in [-0.1, -0.05) is 15.9 Å². The minimum absolute atomic E-state index is 0.00135. The first-order valence-electron chi connectivity index (χ1n) is 14.1. The van der Waals surface area contributed by atoms with Crippen LogP contribution in [0.25, 0.3) is 0 Å². The summed E-state index contributed by atoms with van der Waals surface area (Å²) >= 11 is 3.22. The molecule has 0 N–H and O–H groups in total. The fourth-order valence-corrected chi connectivity index (χ4v) is 3.97. The summed E-state index contributed by atoms with van der Waals surface area (Å²) in [5.74, 6) is -79.1. The van der Waals surface area contributed by atoms with E-state index in [0.29, 0.717) is 29.8 Å². The molecule has 0 aliphatic carbocycles.